The van der Waals surface area contributed by atoms with Crippen LogP contribution >= 0.6 is 11.8 Å². The summed E-state index contributed by atoms with van der Waals surface area (Å²) in [7, 11) is 0. The first-order chi connectivity index (χ1) is 8.50. The highest BCUT2D eigenvalue weighted by atomic mass is 32.2. The molecule has 18 heavy (non-hydrogen) atoms. The second-order valence-electron chi connectivity index (χ2n) is 5.30. The van der Waals surface area contributed by atoms with E-state index in [4.69, 9.17) is 0 Å². The Morgan fingerprint density at radius 2 is 1.67 bits per heavy atom. The van der Waals surface area contributed by atoms with Crippen molar-refractivity contribution >= 4 is 17.5 Å². The molecule has 0 spiro atoms. The smallest absolute Gasteiger partial charge is 0.298 e. The second-order valence-corrected chi connectivity index (χ2v) is 6.61. The fraction of sp³-hybridized carbons (Fsp3) is 0.923. The predicted molar refractivity (Wildman–Crippen MR) is 66.6 cm³/mol. The van der Waals surface area contributed by atoms with E-state index in [1.807, 2.05) is 0 Å². The zero-order valence-corrected chi connectivity index (χ0v) is 11.2. The first-order valence-corrected chi connectivity index (χ1v) is 7.77. The van der Waals surface area contributed by atoms with Crippen LogP contribution in [-0.4, -0.2) is 23.0 Å². The van der Waals surface area contributed by atoms with Gasteiger partial charge in [-0.3, -0.25) is 4.79 Å². The number of thioether (sulfide) groups is 1. The summed E-state index contributed by atoms with van der Waals surface area (Å²) in [6.45, 7) is 0. The summed E-state index contributed by atoms with van der Waals surface area (Å²) >= 11 is 1.56. The van der Waals surface area contributed by atoms with Crippen molar-refractivity contribution in [2.24, 2.45) is 11.8 Å². The van der Waals surface area contributed by atoms with Gasteiger partial charge in [0.1, 0.15) is 5.78 Å². The van der Waals surface area contributed by atoms with E-state index in [1.54, 1.807) is 11.8 Å². The van der Waals surface area contributed by atoms with Gasteiger partial charge in [0.25, 0.3) is 0 Å². The van der Waals surface area contributed by atoms with Gasteiger partial charge in [0.2, 0.25) is 0 Å². The van der Waals surface area contributed by atoms with Gasteiger partial charge in [-0.2, -0.15) is 24.9 Å². The molecule has 1 saturated heterocycles. The Hall–Kier alpha value is -0.190. The first kappa shape index (κ1) is 14.2. The number of carbonyl (C=O) groups excluding carboxylic acids is 1. The van der Waals surface area contributed by atoms with Crippen molar-refractivity contribution in [3.05, 3.63) is 0 Å². The number of Topliss-reactive ketones (excluding diaryl/α,β-unsaturated/α-hetero) is 1. The molecule has 1 heterocycles. The molecule has 2 rings (SSSR count). The lowest BCUT2D eigenvalue weighted by Gasteiger charge is -2.34. The van der Waals surface area contributed by atoms with Crippen LogP contribution in [0.15, 0.2) is 0 Å². The highest BCUT2D eigenvalue weighted by Crippen LogP contribution is 2.43. The third kappa shape index (κ3) is 3.22. The monoisotopic (exact) mass is 280 g/mol. The molecule has 5 heteroatoms. The normalized spacial score (nSPS) is 34.3. The Bertz CT molecular complexity index is 297. The highest BCUT2D eigenvalue weighted by molar-refractivity contribution is 8.00. The van der Waals surface area contributed by atoms with E-state index in [9.17, 15) is 18.0 Å². The molecule has 0 bridgehead atoms. The van der Waals surface area contributed by atoms with Gasteiger partial charge in [-0.1, -0.05) is 19.3 Å². The Labute approximate surface area is 110 Å². The minimum atomic E-state index is -4.21. The molecule has 1 saturated carbocycles. The molecular weight excluding hydrogens is 261 g/mol. The molecule has 3 atom stereocenters. The predicted octanol–water partition coefficient (Wildman–Crippen LogP) is 4.21. The van der Waals surface area contributed by atoms with Gasteiger partial charge in [-0.15, -0.1) is 0 Å². The van der Waals surface area contributed by atoms with Gasteiger partial charge in [0, 0.05) is 5.92 Å². The molecule has 0 aromatic carbocycles. The number of rotatable bonds is 2. The number of carbonyl (C=O) groups is 1. The molecule has 2 fully saturated rings. The Balaban J connectivity index is 2.05. The molecule has 1 aliphatic heterocycles. The van der Waals surface area contributed by atoms with Crippen molar-refractivity contribution in [3.8, 4) is 0 Å². The van der Waals surface area contributed by atoms with Crippen LogP contribution in [0.4, 0.5) is 13.2 Å². The van der Waals surface area contributed by atoms with Crippen LogP contribution in [0.25, 0.3) is 0 Å². The molecule has 1 aliphatic carbocycles. The van der Waals surface area contributed by atoms with Crippen LogP contribution in [0, 0.1) is 11.8 Å². The Kier molecular flexibility index (Phi) is 4.62. The second kappa shape index (κ2) is 5.85. The van der Waals surface area contributed by atoms with E-state index in [2.05, 4.69) is 0 Å². The van der Waals surface area contributed by atoms with E-state index in [0.717, 1.165) is 31.4 Å². The largest absolute Gasteiger partial charge is 0.392 e. The molecule has 0 aromatic heterocycles. The minimum Gasteiger partial charge on any atom is -0.298 e. The van der Waals surface area contributed by atoms with E-state index in [-0.39, 0.29) is 17.5 Å². The lowest BCUT2D eigenvalue weighted by Crippen LogP contribution is -2.41. The molecule has 0 amide bonds. The van der Waals surface area contributed by atoms with Crippen LogP contribution < -0.4 is 0 Å². The van der Waals surface area contributed by atoms with Crippen molar-refractivity contribution in [1.82, 2.24) is 0 Å². The van der Waals surface area contributed by atoms with Crippen molar-refractivity contribution in [2.45, 2.75) is 56.4 Å². The number of ketones is 1. The van der Waals surface area contributed by atoms with E-state index < -0.39 is 18.0 Å². The molecule has 2 aliphatic rings. The first-order valence-electron chi connectivity index (χ1n) is 6.72. The Morgan fingerprint density at radius 1 is 1.00 bits per heavy atom. The summed E-state index contributed by atoms with van der Waals surface area (Å²) < 4.78 is 38.9. The zero-order chi connectivity index (χ0) is 13.2. The highest BCUT2D eigenvalue weighted by Gasteiger charge is 2.49. The maximum atomic E-state index is 13.0. The van der Waals surface area contributed by atoms with Gasteiger partial charge < -0.3 is 0 Å². The Morgan fingerprint density at radius 3 is 2.28 bits per heavy atom. The fourth-order valence-electron chi connectivity index (χ4n) is 3.07. The van der Waals surface area contributed by atoms with Gasteiger partial charge in [-0.25, -0.2) is 0 Å². The van der Waals surface area contributed by atoms with Crippen molar-refractivity contribution in [1.29, 1.82) is 0 Å². The number of hydrogen-bond acceptors (Lipinski definition) is 2. The fourth-order valence-corrected chi connectivity index (χ4v) is 4.39. The standard InChI is InChI=1S/C13H19F3OS/c14-13(15,16)10-6-2-1-5-9(10)12(17)11-7-3-4-8-18-11/h9-11H,1-8H2. The topological polar surface area (TPSA) is 17.1 Å². The summed E-state index contributed by atoms with van der Waals surface area (Å²) in [6, 6.07) is 0. The van der Waals surface area contributed by atoms with Gasteiger partial charge in [0.15, 0.2) is 0 Å². The van der Waals surface area contributed by atoms with Gasteiger partial charge in [0.05, 0.1) is 11.2 Å². The average molecular weight is 280 g/mol. The summed E-state index contributed by atoms with van der Waals surface area (Å²) in [5.41, 5.74) is 0. The third-order valence-electron chi connectivity index (χ3n) is 4.05. The minimum absolute atomic E-state index is 0.123. The number of hydrogen-bond donors (Lipinski definition) is 0. The summed E-state index contributed by atoms with van der Waals surface area (Å²) in [4.78, 5) is 12.3. The zero-order valence-electron chi connectivity index (χ0n) is 10.3. The van der Waals surface area contributed by atoms with Crippen LogP contribution in [0.1, 0.15) is 44.9 Å². The maximum absolute atomic E-state index is 13.0. The van der Waals surface area contributed by atoms with Crippen LogP contribution in [0.3, 0.4) is 0 Å². The van der Waals surface area contributed by atoms with Crippen molar-refractivity contribution in [2.75, 3.05) is 5.75 Å². The quantitative estimate of drug-likeness (QED) is 0.753. The summed E-state index contributed by atoms with van der Waals surface area (Å²) in [5.74, 6) is -1.36. The lowest BCUT2D eigenvalue weighted by atomic mass is 9.75. The van der Waals surface area contributed by atoms with E-state index in [1.165, 1.54) is 0 Å². The number of alkyl halides is 3. The number of halogens is 3. The summed E-state index contributed by atoms with van der Waals surface area (Å²) in [6.07, 6.45) is 0.558. The molecule has 3 unspecified atom stereocenters. The molecular formula is C13H19F3OS. The van der Waals surface area contributed by atoms with Crippen LogP contribution in [0.2, 0.25) is 0 Å². The molecule has 0 N–H and O–H groups in total. The third-order valence-corrected chi connectivity index (χ3v) is 5.44. The van der Waals surface area contributed by atoms with E-state index >= 15 is 0 Å². The SMILES string of the molecule is O=C(C1CCCCS1)C1CCCCC1C(F)(F)F. The van der Waals surface area contributed by atoms with Crippen LogP contribution in [0.5, 0.6) is 0 Å². The average Bonchev–Trinajstić information content (AvgIpc) is 2.38. The molecule has 0 aromatic rings. The summed E-state index contributed by atoms with van der Waals surface area (Å²) in [5, 5.41) is -0.174. The van der Waals surface area contributed by atoms with Gasteiger partial charge >= 0.3 is 6.18 Å². The molecule has 1 nitrogen and oxygen atoms in total. The van der Waals surface area contributed by atoms with E-state index in [0.29, 0.717) is 12.8 Å². The van der Waals surface area contributed by atoms with Crippen LogP contribution in [-0.2, 0) is 4.79 Å². The van der Waals surface area contributed by atoms with Gasteiger partial charge in [-0.05, 0) is 31.4 Å². The molecule has 104 valence electrons. The lowest BCUT2D eigenvalue weighted by molar-refractivity contribution is -0.197. The maximum Gasteiger partial charge on any atom is 0.392 e. The van der Waals surface area contributed by atoms with Crippen molar-refractivity contribution < 1.29 is 18.0 Å². The van der Waals surface area contributed by atoms with Crippen molar-refractivity contribution in [3.63, 3.8) is 0 Å². The molecule has 0 radical (unpaired) electrons.